The van der Waals surface area contributed by atoms with Gasteiger partial charge in [-0.1, -0.05) is 20.8 Å². The van der Waals surface area contributed by atoms with Crippen molar-refractivity contribution in [2.24, 2.45) is 46.3 Å². The molecule has 1 N–H and O–H groups in total. The maximum atomic E-state index is 13.0. The topological polar surface area (TPSA) is 82.1 Å². The molecule has 4 fully saturated rings. The third-order valence-electron chi connectivity index (χ3n) is 12.8. The average molecular weight is 567 g/mol. The van der Waals surface area contributed by atoms with Crippen LogP contribution in [0.5, 0.6) is 5.75 Å². The van der Waals surface area contributed by atoms with Gasteiger partial charge in [-0.25, -0.2) is 4.79 Å². The van der Waals surface area contributed by atoms with Gasteiger partial charge in [-0.2, -0.15) is 0 Å². The summed E-state index contributed by atoms with van der Waals surface area (Å²) in [5, 5.41) is 10.3. The van der Waals surface area contributed by atoms with E-state index in [1.807, 2.05) is 13.0 Å². The number of rotatable bonds is 6. The van der Waals surface area contributed by atoms with E-state index in [0.29, 0.717) is 47.0 Å². The molecule has 1 aromatic rings. The SMILES string of the molecule is COC(=O)c1cc(C)c2c(c1)C[C@H](COC(=O)C[C@@H](C)[C@H]1CC[C@H]3[C@@H]4CC[C@@H]5C[C@H](O)CC[C@]5(C)[C@H]4CC[C@]13C)O2. The molecule has 0 bridgehead atoms. The fraction of sp³-hybridized carbons (Fsp3) is 0.771. The van der Waals surface area contributed by atoms with Crippen molar-refractivity contribution in [3.05, 3.63) is 28.8 Å². The molecule has 0 aromatic heterocycles. The lowest BCUT2D eigenvalue weighted by Crippen LogP contribution is -2.54. The second kappa shape index (κ2) is 10.9. The summed E-state index contributed by atoms with van der Waals surface area (Å²) in [5.41, 5.74) is 3.10. The maximum absolute atomic E-state index is 13.0. The highest BCUT2D eigenvalue weighted by atomic mass is 16.6. The molecule has 226 valence electrons. The third-order valence-corrected chi connectivity index (χ3v) is 12.8. The van der Waals surface area contributed by atoms with Gasteiger partial charge in [0.2, 0.25) is 0 Å². The van der Waals surface area contributed by atoms with E-state index in [2.05, 4.69) is 20.8 Å². The molecule has 0 saturated heterocycles. The van der Waals surface area contributed by atoms with Crippen molar-refractivity contribution < 1.29 is 28.9 Å². The monoisotopic (exact) mass is 566 g/mol. The van der Waals surface area contributed by atoms with Gasteiger partial charge in [0.25, 0.3) is 0 Å². The number of aliphatic hydroxyl groups excluding tert-OH is 1. The fourth-order valence-corrected chi connectivity index (χ4v) is 10.8. The zero-order chi connectivity index (χ0) is 29.1. The minimum absolute atomic E-state index is 0.0888. The van der Waals surface area contributed by atoms with Gasteiger partial charge >= 0.3 is 11.9 Å². The average Bonchev–Trinajstić information content (AvgIpc) is 3.52. The number of esters is 2. The van der Waals surface area contributed by atoms with Crippen molar-refractivity contribution in [1.82, 2.24) is 0 Å². The summed E-state index contributed by atoms with van der Waals surface area (Å²) in [4.78, 5) is 25.0. The van der Waals surface area contributed by atoms with Crippen molar-refractivity contribution >= 4 is 11.9 Å². The number of carbonyl (C=O) groups is 2. The van der Waals surface area contributed by atoms with Gasteiger partial charge in [0.1, 0.15) is 18.5 Å². The summed E-state index contributed by atoms with van der Waals surface area (Å²) in [6.07, 6.45) is 11.7. The van der Waals surface area contributed by atoms with Crippen molar-refractivity contribution in [1.29, 1.82) is 0 Å². The first-order valence-corrected chi connectivity index (χ1v) is 16.3. The Morgan fingerprint density at radius 3 is 2.59 bits per heavy atom. The molecule has 1 heterocycles. The largest absolute Gasteiger partial charge is 0.486 e. The molecule has 0 spiro atoms. The molecule has 0 amide bonds. The fourth-order valence-electron chi connectivity index (χ4n) is 10.8. The molecule has 5 aliphatic rings. The zero-order valence-electron chi connectivity index (χ0n) is 25.7. The number of carbonyl (C=O) groups excluding carboxylic acids is 2. The van der Waals surface area contributed by atoms with E-state index in [1.54, 1.807) is 6.07 Å². The predicted octanol–water partition coefficient (Wildman–Crippen LogP) is 6.67. The minimum Gasteiger partial charge on any atom is -0.486 e. The number of methoxy groups -OCH3 is 1. The second-order valence-electron chi connectivity index (χ2n) is 14.9. The molecule has 10 atom stereocenters. The van der Waals surface area contributed by atoms with Crippen LogP contribution in [0.3, 0.4) is 0 Å². The predicted molar refractivity (Wildman–Crippen MR) is 157 cm³/mol. The summed E-state index contributed by atoms with van der Waals surface area (Å²) in [6.45, 7) is 9.53. The van der Waals surface area contributed by atoms with E-state index in [1.165, 1.54) is 52.1 Å². The van der Waals surface area contributed by atoms with Crippen LogP contribution in [0.25, 0.3) is 0 Å². The summed E-state index contributed by atoms with van der Waals surface area (Å²) in [5.74, 6) is 4.23. The summed E-state index contributed by atoms with van der Waals surface area (Å²) < 4.78 is 16.8. The molecule has 1 aromatic carbocycles. The van der Waals surface area contributed by atoms with Crippen molar-refractivity contribution in [2.45, 2.75) is 111 Å². The van der Waals surface area contributed by atoms with Gasteiger partial charge in [-0.05, 0) is 134 Å². The number of benzene rings is 1. The van der Waals surface area contributed by atoms with Crippen molar-refractivity contribution in [3.8, 4) is 5.75 Å². The van der Waals surface area contributed by atoms with E-state index >= 15 is 0 Å². The van der Waals surface area contributed by atoms with Crippen molar-refractivity contribution in [2.75, 3.05) is 13.7 Å². The number of ether oxygens (including phenoxy) is 3. The highest BCUT2D eigenvalue weighted by Crippen LogP contribution is 2.68. The Hall–Kier alpha value is -2.08. The highest BCUT2D eigenvalue weighted by Gasteiger charge is 2.60. The van der Waals surface area contributed by atoms with Crippen LogP contribution in [0.1, 0.15) is 106 Å². The van der Waals surface area contributed by atoms with Gasteiger partial charge in [0.15, 0.2) is 0 Å². The Labute approximate surface area is 245 Å². The Morgan fingerprint density at radius 2 is 1.80 bits per heavy atom. The van der Waals surface area contributed by atoms with Crippen LogP contribution in [0.2, 0.25) is 0 Å². The van der Waals surface area contributed by atoms with Crippen LogP contribution in [0.4, 0.5) is 0 Å². The van der Waals surface area contributed by atoms with Gasteiger partial charge in [0.05, 0.1) is 18.8 Å². The molecular weight excluding hydrogens is 516 g/mol. The molecule has 41 heavy (non-hydrogen) atoms. The molecule has 0 unspecified atom stereocenters. The molecule has 4 saturated carbocycles. The van der Waals surface area contributed by atoms with E-state index in [4.69, 9.17) is 14.2 Å². The van der Waals surface area contributed by atoms with Crippen LogP contribution in [0, 0.1) is 53.3 Å². The number of hydrogen-bond donors (Lipinski definition) is 1. The standard InChI is InChI=1S/C35H50O6/c1-20(15-31(37)40-19-26-17-22-16-23(33(38)39-5)14-21(2)32(22)41-26)28-8-9-29-27-7-6-24-18-25(36)10-12-34(24,3)30(27)11-13-35(28,29)4/h14,16,20,24-30,36H,6-13,15,17-19H2,1-5H3/t20-,24-,25-,26-,27+,28-,29+,30+,34+,35-/m1/s1. The van der Waals surface area contributed by atoms with Crippen LogP contribution < -0.4 is 4.74 Å². The summed E-state index contributed by atoms with van der Waals surface area (Å²) >= 11 is 0. The minimum atomic E-state index is -0.355. The first-order chi connectivity index (χ1) is 19.5. The van der Waals surface area contributed by atoms with Crippen LogP contribution in [-0.2, 0) is 20.7 Å². The Morgan fingerprint density at radius 1 is 1.05 bits per heavy atom. The maximum Gasteiger partial charge on any atom is 0.337 e. The number of aryl methyl sites for hydroxylation is 1. The molecule has 1 aliphatic heterocycles. The number of hydrogen-bond acceptors (Lipinski definition) is 6. The quantitative estimate of drug-likeness (QED) is 0.387. The Balaban J connectivity index is 1.04. The van der Waals surface area contributed by atoms with E-state index < -0.39 is 0 Å². The normalized spacial score (nSPS) is 39.9. The Bertz CT molecular complexity index is 1180. The summed E-state index contributed by atoms with van der Waals surface area (Å²) in [6, 6.07) is 3.61. The molecule has 6 rings (SSSR count). The van der Waals surface area contributed by atoms with Crippen LogP contribution in [0.15, 0.2) is 12.1 Å². The first kappa shape index (κ1) is 29.0. The lowest BCUT2D eigenvalue weighted by atomic mass is 9.44. The van der Waals surface area contributed by atoms with Crippen molar-refractivity contribution in [3.63, 3.8) is 0 Å². The van der Waals surface area contributed by atoms with Gasteiger partial charge < -0.3 is 19.3 Å². The van der Waals surface area contributed by atoms with Crippen LogP contribution >= 0.6 is 0 Å². The van der Waals surface area contributed by atoms with Gasteiger partial charge in [0, 0.05) is 12.8 Å². The number of aliphatic hydroxyl groups is 1. The third kappa shape index (κ3) is 5.00. The Kier molecular flexibility index (Phi) is 7.70. The van der Waals surface area contributed by atoms with E-state index in [0.717, 1.165) is 47.5 Å². The second-order valence-corrected chi connectivity index (χ2v) is 14.9. The smallest absolute Gasteiger partial charge is 0.337 e. The molecular formula is C35H50O6. The molecule has 0 radical (unpaired) electrons. The van der Waals surface area contributed by atoms with Gasteiger partial charge in [-0.3, -0.25) is 4.79 Å². The molecule has 6 nitrogen and oxygen atoms in total. The highest BCUT2D eigenvalue weighted by molar-refractivity contribution is 5.90. The lowest BCUT2D eigenvalue weighted by molar-refractivity contribution is -0.149. The lowest BCUT2D eigenvalue weighted by Gasteiger charge is -2.61. The number of fused-ring (bicyclic) bond motifs is 6. The molecule has 6 heteroatoms. The van der Waals surface area contributed by atoms with Crippen LogP contribution in [-0.4, -0.2) is 43.0 Å². The van der Waals surface area contributed by atoms with E-state index in [9.17, 15) is 14.7 Å². The van der Waals surface area contributed by atoms with E-state index in [-0.39, 0.29) is 30.8 Å². The van der Waals surface area contributed by atoms with Gasteiger partial charge in [-0.15, -0.1) is 0 Å². The molecule has 4 aliphatic carbocycles. The zero-order valence-corrected chi connectivity index (χ0v) is 25.7. The first-order valence-electron chi connectivity index (χ1n) is 16.3. The summed E-state index contributed by atoms with van der Waals surface area (Å²) in [7, 11) is 1.39.